The SMILES string of the molecule is O=C(c1c(F)cccc1F)C1(n2c3ccccc3c3ccccc32)C=CC(CCCc2ccccc2)=CC1. The van der Waals surface area contributed by atoms with Crippen LogP contribution in [0.2, 0.25) is 0 Å². The highest BCUT2D eigenvalue weighted by molar-refractivity contribution is 6.12. The second kappa shape index (κ2) is 9.86. The highest BCUT2D eigenvalue weighted by Gasteiger charge is 2.43. The van der Waals surface area contributed by atoms with Crippen LogP contribution in [0.3, 0.4) is 0 Å². The van der Waals surface area contributed by atoms with Crippen molar-refractivity contribution in [1.82, 2.24) is 4.57 Å². The van der Waals surface area contributed by atoms with Crippen LogP contribution in [-0.4, -0.2) is 10.4 Å². The second-order valence-electron chi connectivity index (χ2n) is 9.88. The minimum atomic E-state index is -1.31. The lowest BCUT2D eigenvalue weighted by atomic mass is 9.80. The number of benzene rings is 4. The smallest absolute Gasteiger partial charge is 0.198 e. The molecule has 0 aliphatic heterocycles. The molecule has 188 valence electrons. The fraction of sp³-hybridized carbons (Fsp3) is 0.147. The molecule has 4 heteroatoms. The molecule has 0 fully saturated rings. The molecule has 1 unspecified atom stereocenters. The topological polar surface area (TPSA) is 22.0 Å². The molecule has 1 atom stereocenters. The summed E-state index contributed by atoms with van der Waals surface area (Å²) < 4.78 is 32.0. The Balaban J connectivity index is 1.45. The number of ketones is 1. The number of allylic oxidation sites excluding steroid dienone is 4. The van der Waals surface area contributed by atoms with Crippen molar-refractivity contribution < 1.29 is 13.6 Å². The first-order valence-corrected chi connectivity index (χ1v) is 13.0. The van der Waals surface area contributed by atoms with Crippen molar-refractivity contribution in [3.63, 3.8) is 0 Å². The van der Waals surface area contributed by atoms with E-state index in [9.17, 15) is 13.6 Å². The summed E-state index contributed by atoms with van der Waals surface area (Å²) in [5, 5.41) is 1.99. The molecule has 0 N–H and O–H groups in total. The number of hydrogen-bond acceptors (Lipinski definition) is 1. The molecule has 6 rings (SSSR count). The van der Waals surface area contributed by atoms with E-state index in [0.29, 0.717) is 6.42 Å². The zero-order chi connectivity index (χ0) is 26.1. The Bertz CT molecular complexity index is 1640. The molecular formula is C34H27F2NO. The van der Waals surface area contributed by atoms with Crippen LogP contribution in [0.15, 0.2) is 121 Å². The number of aryl methyl sites for hydroxylation is 1. The number of rotatable bonds is 7. The molecule has 1 aliphatic rings. The lowest BCUT2D eigenvalue weighted by Crippen LogP contribution is -2.41. The molecule has 0 radical (unpaired) electrons. The standard InChI is InChI=1S/C34H27F2NO/c35-28-16-9-17-29(36)32(28)33(38)34(22-20-25(21-23-34)13-8-12-24-10-2-1-3-11-24)37-30-18-6-4-14-26(30)27-15-5-7-19-31(27)37/h1-7,9-11,14-22H,8,12-13,23H2. The van der Waals surface area contributed by atoms with E-state index in [1.165, 1.54) is 11.6 Å². The number of carbonyl (C=O) groups excluding carboxylic acids is 1. The monoisotopic (exact) mass is 503 g/mol. The number of para-hydroxylation sites is 2. The third kappa shape index (κ3) is 4.06. The molecule has 0 amide bonds. The van der Waals surface area contributed by atoms with Gasteiger partial charge in [-0.15, -0.1) is 0 Å². The summed E-state index contributed by atoms with van der Waals surface area (Å²) in [6, 6.07) is 29.7. The summed E-state index contributed by atoms with van der Waals surface area (Å²) in [4.78, 5) is 14.3. The van der Waals surface area contributed by atoms with Crippen molar-refractivity contribution >= 4 is 27.6 Å². The Morgan fingerprint density at radius 2 is 1.34 bits per heavy atom. The molecule has 0 saturated carbocycles. The van der Waals surface area contributed by atoms with E-state index in [1.54, 1.807) is 0 Å². The van der Waals surface area contributed by atoms with Gasteiger partial charge in [0.15, 0.2) is 5.78 Å². The highest BCUT2D eigenvalue weighted by Crippen LogP contribution is 2.41. The van der Waals surface area contributed by atoms with Crippen LogP contribution in [0, 0.1) is 11.6 Å². The summed E-state index contributed by atoms with van der Waals surface area (Å²) in [5.41, 5.74) is 2.31. The van der Waals surface area contributed by atoms with E-state index in [0.717, 1.165) is 58.8 Å². The number of halogens is 2. The summed E-state index contributed by atoms with van der Waals surface area (Å²) in [6.45, 7) is 0. The Hall–Kier alpha value is -4.31. The van der Waals surface area contributed by atoms with Crippen molar-refractivity contribution in [2.45, 2.75) is 31.2 Å². The Morgan fingerprint density at radius 1 is 0.737 bits per heavy atom. The number of Topliss-reactive ketones (excluding diaryl/α,β-unsaturated/α-hetero) is 1. The third-order valence-corrected chi connectivity index (χ3v) is 7.58. The van der Waals surface area contributed by atoms with Crippen molar-refractivity contribution in [1.29, 1.82) is 0 Å². The van der Waals surface area contributed by atoms with E-state index in [-0.39, 0.29) is 0 Å². The van der Waals surface area contributed by atoms with Gasteiger partial charge < -0.3 is 4.57 Å². The maximum Gasteiger partial charge on any atom is 0.198 e. The van der Waals surface area contributed by atoms with E-state index in [1.807, 2.05) is 83.4 Å². The van der Waals surface area contributed by atoms with Gasteiger partial charge in [0.1, 0.15) is 17.2 Å². The number of hydrogen-bond donors (Lipinski definition) is 0. The molecule has 0 saturated heterocycles. The molecule has 1 aromatic heterocycles. The number of carbonyl (C=O) groups is 1. The normalized spacial score (nSPS) is 17.2. The van der Waals surface area contributed by atoms with Gasteiger partial charge in [-0.25, -0.2) is 8.78 Å². The average molecular weight is 504 g/mol. The van der Waals surface area contributed by atoms with Gasteiger partial charge in [-0.1, -0.05) is 96.6 Å². The Morgan fingerprint density at radius 3 is 1.95 bits per heavy atom. The summed E-state index contributed by atoms with van der Waals surface area (Å²) in [5.74, 6) is -2.28. The van der Waals surface area contributed by atoms with Gasteiger partial charge in [0.25, 0.3) is 0 Å². The van der Waals surface area contributed by atoms with Crippen LogP contribution in [0.5, 0.6) is 0 Å². The van der Waals surface area contributed by atoms with Gasteiger partial charge in [-0.05, 0) is 49.1 Å². The maximum absolute atomic E-state index is 15.0. The summed E-state index contributed by atoms with van der Waals surface area (Å²) in [6.07, 6.45) is 8.98. The zero-order valence-electron chi connectivity index (χ0n) is 20.9. The van der Waals surface area contributed by atoms with Crippen molar-refractivity contribution in [2.75, 3.05) is 0 Å². The molecule has 4 aromatic carbocycles. The van der Waals surface area contributed by atoms with Gasteiger partial charge in [0, 0.05) is 17.2 Å². The van der Waals surface area contributed by atoms with Crippen LogP contribution < -0.4 is 0 Å². The quantitative estimate of drug-likeness (QED) is 0.204. The summed E-state index contributed by atoms with van der Waals surface area (Å²) in [7, 11) is 0. The average Bonchev–Trinajstić information content (AvgIpc) is 3.29. The zero-order valence-corrected chi connectivity index (χ0v) is 20.9. The molecule has 1 heterocycles. The fourth-order valence-electron chi connectivity index (χ4n) is 5.71. The van der Waals surface area contributed by atoms with Crippen LogP contribution in [0.25, 0.3) is 21.8 Å². The van der Waals surface area contributed by atoms with Gasteiger partial charge in [-0.3, -0.25) is 4.79 Å². The lowest BCUT2D eigenvalue weighted by molar-refractivity contribution is 0.0859. The molecular weight excluding hydrogens is 476 g/mol. The van der Waals surface area contributed by atoms with Crippen LogP contribution in [0.1, 0.15) is 35.2 Å². The molecule has 2 nitrogen and oxygen atoms in total. The van der Waals surface area contributed by atoms with Crippen LogP contribution in [-0.2, 0) is 12.0 Å². The van der Waals surface area contributed by atoms with Gasteiger partial charge >= 0.3 is 0 Å². The highest BCUT2D eigenvalue weighted by atomic mass is 19.1. The van der Waals surface area contributed by atoms with E-state index in [4.69, 9.17) is 0 Å². The largest absolute Gasteiger partial charge is 0.323 e. The van der Waals surface area contributed by atoms with Crippen molar-refractivity contribution in [2.24, 2.45) is 0 Å². The van der Waals surface area contributed by atoms with Crippen LogP contribution >= 0.6 is 0 Å². The first-order valence-electron chi connectivity index (χ1n) is 13.0. The second-order valence-corrected chi connectivity index (χ2v) is 9.88. The molecule has 38 heavy (non-hydrogen) atoms. The maximum atomic E-state index is 15.0. The van der Waals surface area contributed by atoms with Gasteiger partial charge in [0.2, 0.25) is 0 Å². The molecule has 1 aliphatic carbocycles. The lowest BCUT2D eigenvalue weighted by Gasteiger charge is -2.35. The fourth-order valence-corrected chi connectivity index (χ4v) is 5.71. The summed E-state index contributed by atoms with van der Waals surface area (Å²) >= 11 is 0. The van der Waals surface area contributed by atoms with Crippen molar-refractivity contribution in [3.8, 4) is 0 Å². The van der Waals surface area contributed by atoms with Gasteiger partial charge in [0.05, 0.1) is 16.6 Å². The molecule has 0 spiro atoms. The number of aromatic nitrogens is 1. The van der Waals surface area contributed by atoms with E-state index in [2.05, 4.69) is 18.2 Å². The molecule has 5 aromatic rings. The number of nitrogens with zero attached hydrogens (tertiary/aromatic N) is 1. The van der Waals surface area contributed by atoms with Crippen molar-refractivity contribution in [3.05, 3.63) is 144 Å². The Labute approximate surface area is 220 Å². The predicted octanol–water partition coefficient (Wildman–Crippen LogP) is 8.56. The minimum absolute atomic E-state index is 0.305. The molecule has 0 bridgehead atoms. The predicted molar refractivity (Wildman–Crippen MR) is 149 cm³/mol. The van der Waals surface area contributed by atoms with Crippen LogP contribution in [0.4, 0.5) is 8.78 Å². The Kier molecular flexibility index (Phi) is 6.24. The van der Waals surface area contributed by atoms with E-state index >= 15 is 0 Å². The van der Waals surface area contributed by atoms with E-state index < -0.39 is 28.5 Å². The van der Waals surface area contributed by atoms with Gasteiger partial charge in [-0.2, -0.15) is 0 Å². The minimum Gasteiger partial charge on any atom is -0.323 e. The first-order chi connectivity index (χ1) is 18.6. The number of fused-ring (bicyclic) bond motifs is 3. The first kappa shape index (κ1) is 24.1. The third-order valence-electron chi connectivity index (χ3n) is 7.58.